The first-order valence-corrected chi connectivity index (χ1v) is 10.6. The number of aliphatic carboxylic acids is 2. The normalized spacial score (nSPS) is 12.2. The fourth-order valence-corrected chi connectivity index (χ4v) is 3.15. The van der Waals surface area contributed by atoms with E-state index in [2.05, 4.69) is 16.0 Å². The minimum atomic E-state index is -1.29. The Labute approximate surface area is 192 Å². The van der Waals surface area contributed by atoms with Gasteiger partial charge < -0.3 is 37.0 Å². The van der Waals surface area contributed by atoms with Gasteiger partial charge in [0.25, 0.3) is 0 Å². The number of hydrogen-bond donors (Lipinski definition) is 7. The fourth-order valence-electron chi connectivity index (χ4n) is 2.31. The van der Waals surface area contributed by atoms with Gasteiger partial charge in [-0.2, -0.15) is 0 Å². The van der Waals surface area contributed by atoms with E-state index in [1.54, 1.807) is 0 Å². The summed E-state index contributed by atoms with van der Waals surface area (Å²) < 4.78 is 0. The molecule has 0 fully saturated rings. The van der Waals surface area contributed by atoms with Crippen molar-refractivity contribution in [2.75, 3.05) is 23.4 Å². The molecule has 1 rings (SSSR count). The molecule has 0 bridgehead atoms. The summed E-state index contributed by atoms with van der Waals surface area (Å²) in [6.07, 6.45) is -0.436. The van der Waals surface area contributed by atoms with Gasteiger partial charge in [0.05, 0.1) is 11.3 Å². The summed E-state index contributed by atoms with van der Waals surface area (Å²) in [6.45, 7) is -0.674. The minimum absolute atomic E-state index is 0.0534. The monoisotopic (exact) mass is 484 g/mol. The highest BCUT2D eigenvalue weighted by Gasteiger charge is 2.23. The molecule has 3 amide bonds. The molecule has 0 radical (unpaired) electrons. The second-order valence-electron chi connectivity index (χ2n) is 6.66. The highest BCUT2D eigenvalue weighted by Crippen LogP contribution is 2.11. The van der Waals surface area contributed by atoms with Crippen molar-refractivity contribution in [2.45, 2.75) is 24.9 Å². The summed E-state index contributed by atoms with van der Waals surface area (Å²) in [5.74, 6) is -5.78. The number of carbonyl (C=O) groups excluding carboxylic acids is 3. The number of nitrogens with one attached hydrogen (secondary N) is 3. The fraction of sp³-hybridized carbons (Fsp3) is 0.368. The van der Waals surface area contributed by atoms with Crippen molar-refractivity contribution in [3.05, 3.63) is 29.8 Å². The van der Waals surface area contributed by atoms with Crippen molar-refractivity contribution in [3.8, 4) is 0 Å². The maximum Gasteiger partial charge on any atom is 0.335 e. The summed E-state index contributed by atoms with van der Waals surface area (Å²) in [7, 11) is 0. The summed E-state index contributed by atoms with van der Waals surface area (Å²) in [5.41, 5.74) is 5.75. The smallest absolute Gasteiger partial charge is 0.335 e. The van der Waals surface area contributed by atoms with Crippen LogP contribution >= 0.6 is 11.8 Å². The van der Waals surface area contributed by atoms with Crippen LogP contribution in [0.15, 0.2) is 24.3 Å². The van der Waals surface area contributed by atoms with E-state index < -0.39 is 54.3 Å². The molecule has 0 aromatic heterocycles. The first-order chi connectivity index (χ1) is 15.5. The maximum atomic E-state index is 12.2. The number of rotatable bonds is 14. The van der Waals surface area contributed by atoms with Crippen LogP contribution in [0.5, 0.6) is 0 Å². The zero-order chi connectivity index (χ0) is 25.0. The van der Waals surface area contributed by atoms with Crippen LogP contribution in [0.2, 0.25) is 0 Å². The lowest BCUT2D eigenvalue weighted by Gasteiger charge is -2.18. The Hall–Kier alpha value is -3.65. The lowest BCUT2D eigenvalue weighted by molar-refractivity contribution is -0.139. The molecule has 0 aliphatic heterocycles. The van der Waals surface area contributed by atoms with Crippen LogP contribution in [0.4, 0.5) is 5.69 Å². The molecule has 0 spiro atoms. The number of amides is 3. The molecule has 2 atom stereocenters. The van der Waals surface area contributed by atoms with Crippen LogP contribution in [0.3, 0.4) is 0 Å². The SMILES string of the molecule is N[C@@H](CCC(=O)N[C@@H](CSCC(=O)Nc1ccc(C(=O)O)cc1)C(=O)NCC(=O)O)C(=O)O. The third kappa shape index (κ3) is 11.0. The standard InChI is InChI=1S/C19H24N4O9S/c20-12(19(31)32)5-6-14(24)23-13(17(28)21-7-16(26)27)8-33-9-15(25)22-11-3-1-10(2-4-11)18(29)30/h1-4,12-13H,5-9,20H2,(H,21,28)(H,22,25)(H,23,24)(H,26,27)(H,29,30)(H,31,32)/t12-,13-/m0/s1. The van der Waals surface area contributed by atoms with Crippen molar-refractivity contribution in [1.29, 1.82) is 0 Å². The van der Waals surface area contributed by atoms with E-state index in [1.807, 2.05) is 0 Å². The third-order valence-corrected chi connectivity index (χ3v) is 5.03. The summed E-state index contributed by atoms with van der Waals surface area (Å²) in [6, 6.07) is 3.04. The number of carboxylic acids is 3. The number of carboxylic acid groups (broad SMARTS) is 3. The Kier molecular flexibility index (Phi) is 11.4. The molecule has 0 heterocycles. The van der Waals surface area contributed by atoms with E-state index in [1.165, 1.54) is 24.3 Å². The van der Waals surface area contributed by atoms with Gasteiger partial charge in [-0.3, -0.25) is 24.0 Å². The van der Waals surface area contributed by atoms with Gasteiger partial charge in [-0.15, -0.1) is 11.8 Å². The highest BCUT2D eigenvalue weighted by molar-refractivity contribution is 8.00. The van der Waals surface area contributed by atoms with Crippen molar-refractivity contribution in [2.24, 2.45) is 5.73 Å². The molecule has 14 heteroatoms. The number of carbonyl (C=O) groups is 6. The van der Waals surface area contributed by atoms with Gasteiger partial charge in [-0.25, -0.2) is 4.79 Å². The van der Waals surface area contributed by atoms with E-state index in [-0.39, 0.29) is 29.9 Å². The van der Waals surface area contributed by atoms with Crippen molar-refractivity contribution in [3.63, 3.8) is 0 Å². The van der Waals surface area contributed by atoms with E-state index in [4.69, 9.17) is 21.1 Å². The van der Waals surface area contributed by atoms with Gasteiger partial charge in [-0.05, 0) is 30.7 Å². The van der Waals surface area contributed by atoms with Crippen LogP contribution in [0.1, 0.15) is 23.2 Å². The number of anilines is 1. The lowest BCUT2D eigenvalue weighted by atomic mass is 10.1. The number of benzene rings is 1. The van der Waals surface area contributed by atoms with E-state index in [0.717, 1.165) is 11.8 Å². The van der Waals surface area contributed by atoms with Gasteiger partial charge in [0.15, 0.2) is 0 Å². The second-order valence-corrected chi connectivity index (χ2v) is 7.69. The predicted molar refractivity (Wildman–Crippen MR) is 117 cm³/mol. The molecule has 0 unspecified atom stereocenters. The molecule has 0 aliphatic carbocycles. The van der Waals surface area contributed by atoms with E-state index >= 15 is 0 Å². The molecule has 0 aliphatic rings. The number of thioether (sulfide) groups is 1. The summed E-state index contributed by atoms with van der Waals surface area (Å²) in [4.78, 5) is 68.6. The molecule has 8 N–H and O–H groups in total. The number of hydrogen-bond acceptors (Lipinski definition) is 8. The van der Waals surface area contributed by atoms with Crippen LogP contribution < -0.4 is 21.7 Å². The van der Waals surface area contributed by atoms with E-state index in [9.17, 15) is 28.8 Å². The molecule has 0 saturated heterocycles. The maximum absolute atomic E-state index is 12.2. The molecule has 180 valence electrons. The predicted octanol–water partition coefficient (Wildman–Crippen LogP) is -1.07. The summed E-state index contributed by atoms with van der Waals surface area (Å²) in [5, 5.41) is 33.4. The molecule has 0 saturated carbocycles. The summed E-state index contributed by atoms with van der Waals surface area (Å²) >= 11 is 0.983. The number of aromatic carboxylic acids is 1. The Bertz CT molecular complexity index is 892. The van der Waals surface area contributed by atoms with Crippen molar-refractivity contribution in [1.82, 2.24) is 10.6 Å². The van der Waals surface area contributed by atoms with Crippen LogP contribution in [-0.4, -0.2) is 81.1 Å². The largest absolute Gasteiger partial charge is 0.480 e. The Morgan fingerprint density at radius 3 is 2.15 bits per heavy atom. The molecular formula is C19H24N4O9S. The quantitative estimate of drug-likeness (QED) is 0.168. The topological polar surface area (TPSA) is 225 Å². The van der Waals surface area contributed by atoms with Gasteiger partial charge in [0.1, 0.15) is 18.6 Å². The molecule has 1 aromatic carbocycles. The van der Waals surface area contributed by atoms with Crippen LogP contribution in [-0.2, 0) is 24.0 Å². The Balaban J connectivity index is 2.60. The average molecular weight is 484 g/mol. The number of nitrogens with two attached hydrogens (primary N) is 1. The van der Waals surface area contributed by atoms with Crippen molar-refractivity contribution >= 4 is 53.1 Å². The average Bonchev–Trinajstić information content (AvgIpc) is 2.75. The third-order valence-electron chi connectivity index (χ3n) is 4.00. The van der Waals surface area contributed by atoms with Crippen LogP contribution in [0.25, 0.3) is 0 Å². The highest BCUT2D eigenvalue weighted by atomic mass is 32.2. The van der Waals surface area contributed by atoms with Crippen molar-refractivity contribution < 1.29 is 44.1 Å². The van der Waals surface area contributed by atoms with Gasteiger partial charge in [0.2, 0.25) is 17.7 Å². The zero-order valence-electron chi connectivity index (χ0n) is 17.3. The van der Waals surface area contributed by atoms with Gasteiger partial charge in [-0.1, -0.05) is 0 Å². The van der Waals surface area contributed by atoms with Gasteiger partial charge in [0, 0.05) is 17.9 Å². The molecule has 33 heavy (non-hydrogen) atoms. The first kappa shape index (κ1) is 27.4. The molecule has 1 aromatic rings. The Morgan fingerprint density at radius 1 is 0.970 bits per heavy atom. The zero-order valence-corrected chi connectivity index (χ0v) is 18.1. The van der Waals surface area contributed by atoms with E-state index in [0.29, 0.717) is 5.69 Å². The second kappa shape index (κ2) is 13.7. The minimum Gasteiger partial charge on any atom is -0.480 e. The van der Waals surface area contributed by atoms with Gasteiger partial charge >= 0.3 is 17.9 Å². The van der Waals surface area contributed by atoms with Crippen LogP contribution in [0, 0.1) is 0 Å². The molecule has 13 nitrogen and oxygen atoms in total. The first-order valence-electron chi connectivity index (χ1n) is 9.47. The molecular weight excluding hydrogens is 460 g/mol. The lowest BCUT2D eigenvalue weighted by Crippen LogP contribution is -2.49. The Morgan fingerprint density at radius 2 is 1.61 bits per heavy atom.